The van der Waals surface area contributed by atoms with Crippen LogP contribution in [-0.2, 0) is 0 Å². The number of piperazine rings is 1. The number of benzene rings is 1. The third-order valence-electron chi connectivity index (χ3n) is 4.15. The second kappa shape index (κ2) is 5.19. The molecule has 3 rings (SSSR count). The van der Waals surface area contributed by atoms with E-state index in [1.54, 1.807) is 0 Å². The Bertz CT molecular complexity index is 381. The van der Waals surface area contributed by atoms with Gasteiger partial charge in [0, 0.05) is 50.1 Å². The summed E-state index contributed by atoms with van der Waals surface area (Å²) in [5.41, 5.74) is 2.76. The van der Waals surface area contributed by atoms with E-state index in [4.69, 9.17) is 0 Å². The summed E-state index contributed by atoms with van der Waals surface area (Å²) >= 11 is 0. The Balaban J connectivity index is 1.73. The highest BCUT2D eigenvalue weighted by Gasteiger charge is 2.18. The van der Waals surface area contributed by atoms with Crippen molar-refractivity contribution in [2.75, 3.05) is 42.5 Å². The maximum atomic E-state index is 3.44. The number of nitrogens with zero attached hydrogens (tertiary/aromatic N) is 2. The fourth-order valence-electron chi connectivity index (χ4n) is 3.05. The summed E-state index contributed by atoms with van der Waals surface area (Å²) in [4.78, 5) is 5.00. The topological polar surface area (TPSA) is 18.5 Å². The van der Waals surface area contributed by atoms with E-state index < -0.39 is 0 Å². The van der Waals surface area contributed by atoms with Crippen molar-refractivity contribution in [1.82, 2.24) is 5.32 Å². The van der Waals surface area contributed by atoms with Crippen molar-refractivity contribution in [3.63, 3.8) is 0 Å². The summed E-state index contributed by atoms with van der Waals surface area (Å²) in [6.07, 6.45) is 2.69. The molecule has 2 saturated heterocycles. The molecule has 1 atom stereocenters. The molecule has 0 radical (unpaired) electrons. The van der Waals surface area contributed by atoms with Gasteiger partial charge in [-0.15, -0.1) is 0 Å². The van der Waals surface area contributed by atoms with Crippen LogP contribution in [-0.4, -0.2) is 38.8 Å². The van der Waals surface area contributed by atoms with Crippen molar-refractivity contribution in [2.45, 2.75) is 25.8 Å². The first-order chi connectivity index (χ1) is 8.84. The summed E-state index contributed by atoms with van der Waals surface area (Å²) in [6.45, 7) is 8.05. The molecule has 1 N–H and O–H groups in total. The zero-order valence-corrected chi connectivity index (χ0v) is 11.2. The van der Waals surface area contributed by atoms with Crippen LogP contribution in [0.3, 0.4) is 0 Å². The lowest BCUT2D eigenvalue weighted by Gasteiger charge is -2.36. The fourth-order valence-corrected chi connectivity index (χ4v) is 3.05. The predicted octanol–water partition coefficient (Wildman–Crippen LogP) is 2.08. The Morgan fingerprint density at radius 1 is 1.00 bits per heavy atom. The van der Waals surface area contributed by atoms with E-state index in [-0.39, 0.29) is 0 Å². The van der Waals surface area contributed by atoms with E-state index >= 15 is 0 Å². The molecular weight excluding hydrogens is 222 g/mol. The van der Waals surface area contributed by atoms with Gasteiger partial charge in [-0.3, -0.25) is 0 Å². The van der Waals surface area contributed by atoms with Gasteiger partial charge >= 0.3 is 0 Å². The summed E-state index contributed by atoms with van der Waals surface area (Å²) in [7, 11) is 0. The van der Waals surface area contributed by atoms with Gasteiger partial charge < -0.3 is 15.1 Å². The van der Waals surface area contributed by atoms with E-state index in [9.17, 15) is 0 Å². The molecule has 2 heterocycles. The Labute approximate surface area is 110 Å². The molecule has 0 saturated carbocycles. The van der Waals surface area contributed by atoms with Crippen LogP contribution in [0.4, 0.5) is 11.4 Å². The molecule has 2 aliphatic rings. The van der Waals surface area contributed by atoms with E-state index in [0.717, 1.165) is 19.6 Å². The van der Waals surface area contributed by atoms with Crippen LogP contribution >= 0.6 is 0 Å². The van der Waals surface area contributed by atoms with Crippen LogP contribution in [0, 0.1) is 0 Å². The standard InChI is InChI=1S/C15H23N3/c1-13-12-16-8-11-18(13)15-6-4-14(5-7-15)17-9-2-3-10-17/h4-7,13,16H,2-3,8-12H2,1H3. The van der Waals surface area contributed by atoms with Crippen LogP contribution in [0.25, 0.3) is 0 Å². The molecule has 3 nitrogen and oxygen atoms in total. The Kier molecular flexibility index (Phi) is 3.41. The van der Waals surface area contributed by atoms with Gasteiger partial charge in [0.2, 0.25) is 0 Å². The molecule has 2 fully saturated rings. The lowest BCUT2D eigenvalue weighted by atomic mass is 10.1. The van der Waals surface area contributed by atoms with E-state index in [1.807, 2.05) is 0 Å². The van der Waals surface area contributed by atoms with Crippen LogP contribution in [0.5, 0.6) is 0 Å². The third kappa shape index (κ3) is 2.32. The Hall–Kier alpha value is -1.22. The van der Waals surface area contributed by atoms with Crippen molar-refractivity contribution in [1.29, 1.82) is 0 Å². The summed E-state index contributed by atoms with van der Waals surface area (Å²) in [6, 6.07) is 9.74. The monoisotopic (exact) mass is 245 g/mol. The van der Waals surface area contributed by atoms with Crippen molar-refractivity contribution in [2.24, 2.45) is 0 Å². The van der Waals surface area contributed by atoms with Crippen molar-refractivity contribution in [3.05, 3.63) is 24.3 Å². The molecule has 3 heteroatoms. The largest absolute Gasteiger partial charge is 0.372 e. The molecule has 1 aromatic carbocycles. The Morgan fingerprint density at radius 3 is 2.33 bits per heavy atom. The third-order valence-corrected chi connectivity index (χ3v) is 4.15. The highest BCUT2D eigenvalue weighted by molar-refractivity contribution is 5.57. The number of anilines is 2. The van der Waals surface area contributed by atoms with E-state index in [1.165, 1.54) is 37.3 Å². The maximum absolute atomic E-state index is 3.44. The summed E-state index contributed by atoms with van der Waals surface area (Å²) in [5.74, 6) is 0. The van der Waals surface area contributed by atoms with Gasteiger partial charge in [0.15, 0.2) is 0 Å². The quantitative estimate of drug-likeness (QED) is 0.860. The van der Waals surface area contributed by atoms with E-state index in [2.05, 4.69) is 46.3 Å². The number of nitrogens with one attached hydrogen (secondary N) is 1. The van der Waals surface area contributed by atoms with Gasteiger partial charge in [-0.2, -0.15) is 0 Å². The van der Waals surface area contributed by atoms with Crippen molar-refractivity contribution in [3.8, 4) is 0 Å². The first kappa shape index (κ1) is 11.8. The molecule has 18 heavy (non-hydrogen) atoms. The van der Waals surface area contributed by atoms with Gasteiger partial charge in [-0.05, 0) is 44.0 Å². The zero-order valence-electron chi connectivity index (χ0n) is 11.2. The molecule has 0 amide bonds. The molecule has 98 valence electrons. The molecular formula is C15H23N3. The predicted molar refractivity (Wildman–Crippen MR) is 77.6 cm³/mol. The zero-order chi connectivity index (χ0) is 12.4. The number of hydrogen-bond acceptors (Lipinski definition) is 3. The normalized spacial score (nSPS) is 24.6. The first-order valence-electron chi connectivity index (χ1n) is 7.17. The molecule has 0 spiro atoms. The average molecular weight is 245 g/mol. The van der Waals surface area contributed by atoms with Gasteiger partial charge in [-0.25, -0.2) is 0 Å². The van der Waals surface area contributed by atoms with Gasteiger partial charge in [0.25, 0.3) is 0 Å². The van der Waals surface area contributed by atoms with Crippen molar-refractivity contribution < 1.29 is 0 Å². The molecule has 2 aliphatic heterocycles. The van der Waals surface area contributed by atoms with Gasteiger partial charge in [0.1, 0.15) is 0 Å². The molecule has 0 aromatic heterocycles. The Morgan fingerprint density at radius 2 is 1.67 bits per heavy atom. The van der Waals surface area contributed by atoms with Crippen LogP contribution in [0.15, 0.2) is 24.3 Å². The second-order valence-electron chi connectivity index (χ2n) is 5.46. The summed E-state index contributed by atoms with van der Waals surface area (Å²) in [5, 5.41) is 3.44. The van der Waals surface area contributed by atoms with Crippen LogP contribution in [0.2, 0.25) is 0 Å². The number of rotatable bonds is 2. The SMILES string of the molecule is CC1CNCCN1c1ccc(N2CCCC2)cc1. The molecule has 0 bridgehead atoms. The lowest BCUT2D eigenvalue weighted by molar-refractivity contribution is 0.501. The van der Waals surface area contributed by atoms with E-state index in [0.29, 0.717) is 6.04 Å². The minimum Gasteiger partial charge on any atom is -0.372 e. The van der Waals surface area contributed by atoms with Gasteiger partial charge in [0.05, 0.1) is 0 Å². The lowest BCUT2D eigenvalue weighted by Crippen LogP contribution is -2.49. The van der Waals surface area contributed by atoms with Crippen LogP contribution in [0.1, 0.15) is 19.8 Å². The fraction of sp³-hybridized carbons (Fsp3) is 0.600. The number of hydrogen-bond donors (Lipinski definition) is 1. The summed E-state index contributed by atoms with van der Waals surface area (Å²) < 4.78 is 0. The average Bonchev–Trinajstić information content (AvgIpc) is 2.94. The smallest absolute Gasteiger partial charge is 0.0386 e. The van der Waals surface area contributed by atoms with Crippen LogP contribution < -0.4 is 15.1 Å². The van der Waals surface area contributed by atoms with Gasteiger partial charge in [-0.1, -0.05) is 0 Å². The molecule has 1 unspecified atom stereocenters. The molecule has 1 aromatic rings. The first-order valence-corrected chi connectivity index (χ1v) is 7.17. The highest BCUT2D eigenvalue weighted by atomic mass is 15.2. The minimum absolute atomic E-state index is 0.594. The minimum atomic E-state index is 0.594. The molecule has 0 aliphatic carbocycles. The highest BCUT2D eigenvalue weighted by Crippen LogP contribution is 2.25. The van der Waals surface area contributed by atoms with Crippen molar-refractivity contribution >= 4 is 11.4 Å². The second-order valence-corrected chi connectivity index (χ2v) is 5.46. The maximum Gasteiger partial charge on any atom is 0.0386 e.